The van der Waals surface area contributed by atoms with Gasteiger partial charge in [0, 0.05) is 34.4 Å². The molecule has 4 rings (SSSR count). The molecule has 2 aliphatic rings. The quantitative estimate of drug-likeness (QED) is 0.726. The van der Waals surface area contributed by atoms with Crippen molar-refractivity contribution in [2.24, 2.45) is 5.41 Å². The predicted octanol–water partition coefficient (Wildman–Crippen LogP) is 4.45. The van der Waals surface area contributed by atoms with E-state index in [-0.39, 0.29) is 11.3 Å². The summed E-state index contributed by atoms with van der Waals surface area (Å²) < 4.78 is 17.7. The molecule has 2 heterocycles. The van der Waals surface area contributed by atoms with E-state index in [0.717, 1.165) is 0 Å². The number of carbonyl (C=O) groups is 2. The number of halogens is 1. The average molecular weight is 460 g/mol. The Labute approximate surface area is 191 Å². The first kappa shape index (κ1) is 22.4. The van der Waals surface area contributed by atoms with Crippen molar-refractivity contribution in [1.29, 1.82) is 0 Å². The second-order valence-corrected chi connectivity index (χ2v) is 9.62. The van der Waals surface area contributed by atoms with Crippen molar-refractivity contribution < 1.29 is 28.9 Å². The summed E-state index contributed by atoms with van der Waals surface area (Å²) in [6, 6.07) is 10.7. The minimum Gasteiger partial charge on any atom is -0.490 e. The van der Waals surface area contributed by atoms with E-state index in [0.29, 0.717) is 53.1 Å². The molecule has 1 amide bonds. The van der Waals surface area contributed by atoms with Gasteiger partial charge in [0.05, 0.1) is 6.42 Å². The third-order valence-corrected chi connectivity index (χ3v) is 5.51. The van der Waals surface area contributed by atoms with Crippen LogP contribution in [0.5, 0.6) is 11.5 Å². The molecule has 2 atom stereocenters. The summed E-state index contributed by atoms with van der Waals surface area (Å²) in [6.45, 7) is 7.23. The zero-order chi connectivity index (χ0) is 23.0. The zero-order valence-corrected chi connectivity index (χ0v) is 19.0. The number of carbonyl (C=O) groups excluding carboxylic acids is 1. The van der Waals surface area contributed by atoms with Gasteiger partial charge in [-0.15, -0.1) is 0 Å². The van der Waals surface area contributed by atoms with Gasteiger partial charge in [0.15, 0.2) is 0 Å². The molecule has 0 radical (unpaired) electrons. The van der Waals surface area contributed by atoms with Gasteiger partial charge in [0.25, 0.3) is 5.91 Å². The summed E-state index contributed by atoms with van der Waals surface area (Å²) in [6.07, 6.45) is -2.36. The van der Waals surface area contributed by atoms with E-state index in [1.165, 1.54) is 0 Å². The van der Waals surface area contributed by atoms with Crippen LogP contribution in [0.3, 0.4) is 0 Å². The molecule has 0 aromatic heterocycles. The van der Waals surface area contributed by atoms with Crippen LogP contribution in [0, 0.1) is 5.41 Å². The third kappa shape index (κ3) is 4.69. The molecule has 170 valence electrons. The summed E-state index contributed by atoms with van der Waals surface area (Å²) >= 11 is 6.35. The summed E-state index contributed by atoms with van der Waals surface area (Å²) in [5.74, 6) is -0.254. The second kappa shape index (κ2) is 8.64. The average Bonchev–Trinajstić information content (AvgIpc) is 2.95. The Morgan fingerprint density at radius 1 is 1.12 bits per heavy atom. The monoisotopic (exact) mass is 459 g/mol. The molecule has 2 aromatic carbocycles. The number of carboxylic acids is 1. The van der Waals surface area contributed by atoms with Crippen molar-refractivity contribution in [3.63, 3.8) is 0 Å². The van der Waals surface area contributed by atoms with Crippen LogP contribution in [0.15, 0.2) is 36.4 Å². The number of anilines is 1. The van der Waals surface area contributed by atoms with Crippen molar-refractivity contribution in [3.8, 4) is 11.5 Å². The number of carboxylic acid groups (broad SMARTS) is 1. The highest BCUT2D eigenvalue weighted by Gasteiger charge is 2.40. The van der Waals surface area contributed by atoms with Crippen molar-refractivity contribution in [2.45, 2.75) is 39.4 Å². The number of hydrogen-bond donors (Lipinski definition) is 1. The fourth-order valence-corrected chi connectivity index (χ4v) is 4.18. The Morgan fingerprint density at radius 3 is 2.59 bits per heavy atom. The van der Waals surface area contributed by atoms with Crippen LogP contribution in [-0.2, 0) is 14.3 Å². The highest BCUT2D eigenvalue weighted by Crippen LogP contribution is 2.44. The number of hydrogen-bond acceptors (Lipinski definition) is 5. The SMILES string of the molecule is CC(C)(C)CN1C(=O)[C@@H](CC(=O)O)O[C@H](c2ccc3cc2OCCO3)c2cc(Cl)ccc21. The molecule has 0 unspecified atom stereocenters. The molecule has 2 aromatic rings. The molecule has 8 heteroatoms. The molecule has 2 aliphatic heterocycles. The Kier molecular flexibility index (Phi) is 6.05. The highest BCUT2D eigenvalue weighted by atomic mass is 35.5. The Morgan fingerprint density at radius 2 is 1.88 bits per heavy atom. The standard InChI is InChI=1S/C24H26ClNO6/c1-24(2,3)13-26-18-7-4-14(25)10-17(18)22(32-20(23(26)29)12-21(27)28)16-6-5-15-11-19(16)31-9-8-30-15/h4-7,10-11,20,22H,8-9,12-13H2,1-3H3,(H,27,28)/t20-,22-/m1/s1. The summed E-state index contributed by atoms with van der Waals surface area (Å²) in [5.41, 5.74) is 1.78. The maximum absolute atomic E-state index is 13.5. The highest BCUT2D eigenvalue weighted by molar-refractivity contribution is 6.30. The molecule has 0 aliphatic carbocycles. The van der Waals surface area contributed by atoms with Crippen LogP contribution in [0.25, 0.3) is 0 Å². The van der Waals surface area contributed by atoms with Crippen LogP contribution in [0.2, 0.25) is 5.02 Å². The van der Waals surface area contributed by atoms with Gasteiger partial charge in [-0.3, -0.25) is 9.59 Å². The van der Waals surface area contributed by atoms with E-state index < -0.39 is 24.6 Å². The number of fused-ring (bicyclic) bond motifs is 3. The number of amides is 1. The Balaban J connectivity index is 1.89. The Hall–Kier alpha value is -2.77. The second-order valence-electron chi connectivity index (χ2n) is 9.19. The van der Waals surface area contributed by atoms with Crippen molar-refractivity contribution in [2.75, 3.05) is 24.7 Å². The third-order valence-electron chi connectivity index (χ3n) is 5.27. The number of aliphatic carboxylic acids is 1. The van der Waals surface area contributed by atoms with Crippen LogP contribution < -0.4 is 14.4 Å². The largest absolute Gasteiger partial charge is 0.490 e. The minimum atomic E-state index is -1.17. The van der Waals surface area contributed by atoms with Crippen LogP contribution in [-0.4, -0.2) is 42.8 Å². The summed E-state index contributed by atoms with van der Waals surface area (Å²) in [7, 11) is 0. The molecule has 2 bridgehead atoms. The molecule has 7 nitrogen and oxygen atoms in total. The molecule has 0 saturated carbocycles. The van der Waals surface area contributed by atoms with Gasteiger partial charge in [0.2, 0.25) is 0 Å². The van der Waals surface area contributed by atoms with Crippen LogP contribution in [0.1, 0.15) is 44.4 Å². The molecule has 0 spiro atoms. The first-order valence-corrected chi connectivity index (χ1v) is 10.9. The predicted molar refractivity (Wildman–Crippen MR) is 120 cm³/mol. The summed E-state index contributed by atoms with van der Waals surface area (Å²) in [4.78, 5) is 26.7. The fourth-order valence-electron chi connectivity index (χ4n) is 4.00. The number of rotatable bonds is 4. The van der Waals surface area contributed by atoms with Gasteiger partial charge in [-0.1, -0.05) is 32.4 Å². The van der Waals surface area contributed by atoms with Gasteiger partial charge in [-0.25, -0.2) is 0 Å². The van der Waals surface area contributed by atoms with E-state index >= 15 is 0 Å². The normalized spacial score (nSPS) is 20.5. The van der Waals surface area contributed by atoms with Gasteiger partial charge < -0.3 is 24.2 Å². The van der Waals surface area contributed by atoms with E-state index in [9.17, 15) is 14.7 Å². The molecule has 0 fully saturated rings. The number of benzene rings is 2. The van der Waals surface area contributed by atoms with Gasteiger partial charge in [-0.2, -0.15) is 0 Å². The van der Waals surface area contributed by atoms with Gasteiger partial charge in [0.1, 0.15) is 36.9 Å². The molecular weight excluding hydrogens is 434 g/mol. The molecule has 0 saturated heterocycles. The minimum absolute atomic E-state index is 0.230. The fraction of sp³-hybridized carbons (Fsp3) is 0.417. The van der Waals surface area contributed by atoms with Crippen molar-refractivity contribution in [3.05, 3.63) is 52.5 Å². The van der Waals surface area contributed by atoms with Crippen molar-refractivity contribution >= 4 is 29.2 Å². The topological polar surface area (TPSA) is 85.3 Å². The van der Waals surface area contributed by atoms with Gasteiger partial charge in [-0.05, 0) is 35.7 Å². The van der Waals surface area contributed by atoms with E-state index in [1.54, 1.807) is 29.2 Å². The smallest absolute Gasteiger partial charge is 0.306 e. The lowest BCUT2D eigenvalue weighted by atomic mass is 9.94. The summed E-state index contributed by atoms with van der Waals surface area (Å²) in [5, 5.41) is 9.97. The number of nitrogens with zero attached hydrogens (tertiary/aromatic N) is 1. The lowest BCUT2D eigenvalue weighted by Gasteiger charge is -2.31. The van der Waals surface area contributed by atoms with E-state index in [1.807, 2.05) is 32.9 Å². The van der Waals surface area contributed by atoms with Crippen LogP contribution >= 0.6 is 11.6 Å². The molecule has 32 heavy (non-hydrogen) atoms. The lowest BCUT2D eigenvalue weighted by Crippen LogP contribution is -2.44. The maximum Gasteiger partial charge on any atom is 0.306 e. The lowest BCUT2D eigenvalue weighted by molar-refractivity contribution is -0.147. The zero-order valence-electron chi connectivity index (χ0n) is 18.3. The van der Waals surface area contributed by atoms with Crippen molar-refractivity contribution in [1.82, 2.24) is 0 Å². The first-order valence-electron chi connectivity index (χ1n) is 10.5. The number of ether oxygens (including phenoxy) is 3. The molecular formula is C24H26ClNO6. The van der Waals surface area contributed by atoms with E-state index in [4.69, 9.17) is 25.8 Å². The van der Waals surface area contributed by atoms with Gasteiger partial charge >= 0.3 is 5.97 Å². The maximum atomic E-state index is 13.5. The van der Waals surface area contributed by atoms with Crippen LogP contribution in [0.4, 0.5) is 5.69 Å². The first-order chi connectivity index (χ1) is 15.1. The molecule has 1 N–H and O–H groups in total. The van der Waals surface area contributed by atoms with E-state index in [2.05, 4.69) is 0 Å². The Bertz CT molecular complexity index is 1050.